The van der Waals surface area contributed by atoms with Crippen LogP contribution >= 0.6 is 22.9 Å². The van der Waals surface area contributed by atoms with Crippen molar-refractivity contribution in [3.8, 4) is 0 Å². The van der Waals surface area contributed by atoms with Gasteiger partial charge in [0.25, 0.3) is 0 Å². The van der Waals surface area contributed by atoms with E-state index in [2.05, 4.69) is 11.9 Å². The van der Waals surface area contributed by atoms with Crippen molar-refractivity contribution in [3.05, 3.63) is 51.4 Å². The second-order valence-corrected chi connectivity index (χ2v) is 6.71. The summed E-state index contributed by atoms with van der Waals surface area (Å²) in [6, 6.07) is 7.98. The minimum absolute atomic E-state index is 0.000594. The molecule has 0 bridgehead atoms. The van der Waals surface area contributed by atoms with E-state index in [1.165, 1.54) is 5.56 Å². The van der Waals surface area contributed by atoms with Gasteiger partial charge >= 0.3 is 0 Å². The predicted molar refractivity (Wildman–Crippen MR) is 88.8 cm³/mol. The normalized spacial score (nSPS) is 14.0. The lowest BCUT2D eigenvalue weighted by Crippen LogP contribution is -2.29. The molecule has 3 nitrogen and oxygen atoms in total. The van der Waals surface area contributed by atoms with Crippen molar-refractivity contribution < 1.29 is 4.74 Å². The number of hydrogen-bond acceptors (Lipinski definition) is 4. The first-order valence-electron chi connectivity index (χ1n) is 7.22. The fraction of sp³-hybridized carbons (Fsp3) is 0.438. The summed E-state index contributed by atoms with van der Waals surface area (Å²) in [5.41, 5.74) is 7.46. The van der Waals surface area contributed by atoms with Crippen LogP contribution < -0.4 is 5.73 Å². The minimum Gasteiger partial charge on any atom is -0.371 e. The first kappa shape index (κ1) is 16.4. The lowest BCUT2D eigenvalue weighted by atomic mass is 10.1. The Morgan fingerprint density at radius 2 is 2.05 bits per heavy atom. The maximum Gasteiger partial charge on any atom is 0.107 e. The van der Waals surface area contributed by atoms with Crippen molar-refractivity contribution in [2.45, 2.75) is 38.3 Å². The van der Waals surface area contributed by atoms with Crippen molar-refractivity contribution >= 4 is 22.9 Å². The molecule has 2 aromatic rings. The number of hydrogen-bond donors (Lipinski definition) is 1. The Kier molecular flexibility index (Phi) is 6.64. The van der Waals surface area contributed by atoms with Gasteiger partial charge in [-0.1, -0.05) is 18.5 Å². The first-order valence-corrected chi connectivity index (χ1v) is 8.41. The first-order chi connectivity index (χ1) is 10.2. The van der Waals surface area contributed by atoms with E-state index in [4.69, 9.17) is 22.1 Å². The van der Waals surface area contributed by atoms with Gasteiger partial charge in [-0.3, -0.25) is 4.98 Å². The van der Waals surface area contributed by atoms with Crippen molar-refractivity contribution in [2.75, 3.05) is 6.61 Å². The van der Waals surface area contributed by atoms with E-state index in [0.717, 1.165) is 28.5 Å². The molecule has 0 aliphatic carbocycles. The summed E-state index contributed by atoms with van der Waals surface area (Å²) in [4.78, 5) is 5.13. The Bertz CT molecular complexity index is 532. The van der Waals surface area contributed by atoms with E-state index in [1.807, 2.05) is 36.7 Å². The van der Waals surface area contributed by atoms with Gasteiger partial charge in [0.1, 0.15) is 6.10 Å². The maximum atomic E-state index is 6.18. The molecular formula is C16H21ClN2OS. The largest absolute Gasteiger partial charge is 0.371 e. The van der Waals surface area contributed by atoms with Crippen LogP contribution in [-0.4, -0.2) is 17.6 Å². The second-order valence-electron chi connectivity index (χ2n) is 4.96. The van der Waals surface area contributed by atoms with Gasteiger partial charge in [0, 0.05) is 29.9 Å². The molecule has 5 heteroatoms. The second kappa shape index (κ2) is 8.49. The van der Waals surface area contributed by atoms with Gasteiger partial charge < -0.3 is 10.5 Å². The number of nitrogens with zero attached hydrogens (tertiary/aromatic N) is 1. The molecule has 114 valence electrons. The van der Waals surface area contributed by atoms with Crippen molar-refractivity contribution in [1.82, 2.24) is 4.98 Å². The summed E-state index contributed by atoms with van der Waals surface area (Å²) < 4.78 is 6.80. The number of thiophene rings is 1. The lowest BCUT2D eigenvalue weighted by Gasteiger charge is -2.22. The van der Waals surface area contributed by atoms with Crippen LogP contribution in [0.5, 0.6) is 0 Å². The van der Waals surface area contributed by atoms with Crippen LogP contribution in [0, 0.1) is 0 Å². The Morgan fingerprint density at radius 3 is 2.67 bits per heavy atom. The molecule has 2 atom stereocenters. The molecule has 21 heavy (non-hydrogen) atoms. The van der Waals surface area contributed by atoms with Gasteiger partial charge in [-0.15, -0.1) is 11.3 Å². The number of halogens is 1. The average molecular weight is 325 g/mol. The molecule has 0 fully saturated rings. The van der Waals surface area contributed by atoms with E-state index >= 15 is 0 Å². The summed E-state index contributed by atoms with van der Waals surface area (Å²) in [6.07, 6.45) is 6.41. The van der Waals surface area contributed by atoms with E-state index in [0.29, 0.717) is 6.61 Å². The Balaban J connectivity index is 1.85. The molecule has 0 radical (unpaired) electrons. The highest BCUT2D eigenvalue weighted by atomic mass is 35.5. The zero-order chi connectivity index (χ0) is 15.1. The van der Waals surface area contributed by atoms with Crippen molar-refractivity contribution in [1.29, 1.82) is 0 Å². The SMILES string of the molecule is CCC(N)C(OCCCc1ccncc1)c1ccc(Cl)s1. The van der Waals surface area contributed by atoms with Gasteiger partial charge in [0.15, 0.2) is 0 Å². The molecule has 0 aliphatic rings. The predicted octanol–water partition coefficient (Wildman–Crippen LogP) is 4.22. The summed E-state index contributed by atoms with van der Waals surface area (Å²) in [6.45, 7) is 2.77. The van der Waals surface area contributed by atoms with Crippen molar-refractivity contribution in [2.24, 2.45) is 5.73 Å². The third kappa shape index (κ3) is 5.08. The van der Waals surface area contributed by atoms with Gasteiger partial charge in [-0.2, -0.15) is 0 Å². The van der Waals surface area contributed by atoms with Crippen LogP contribution in [-0.2, 0) is 11.2 Å². The molecule has 2 rings (SSSR count). The van der Waals surface area contributed by atoms with Crippen LogP contribution in [0.4, 0.5) is 0 Å². The number of aromatic nitrogens is 1. The van der Waals surface area contributed by atoms with Crippen LogP contribution in [0.2, 0.25) is 4.34 Å². The molecule has 0 spiro atoms. The van der Waals surface area contributed by atoms with E-state index in [9.17, 15) is 0 Å². The molecule has 0 saturated carbocycles. The number of nitrogens with two attached hydrogens (primary N) is 1. The zero-order valence-electron chi connectivity index (χ0n) is 12.2. The highest BCUT2D eigenvalue weighted by Crippen LogP contribution is 2.31. The standard InChI is InChI=1S/C16H21ClN2OS/c1-2-13(18)16(14-5-6-15(17)21-14)20-11-3-4-12-7-9-19-10-8-12/h5-10,13,16H,2-4,11,18H2,1H3. The molecule has 0 aromatic carbocycles. The quantitative estimate of drug-likeness (QED) is 0.739. The Labute approximate surface area is 135 Å². The smallest absolute Gasteiger partial charge is 0.107 e. The van der Waals surface area contributed by atoms with Crippen molar-refractivity contribution in [3.63, 3.8) is 0 Å². The number of aryl methyl sites for hydroxylation is 1. The van der Waals surface area contributed by atoms with Crippen LogP contribution in [0.25, 0.3) is 0 Å². The van der Waals surface area contributed by atoms with Gasteiger partial charge in [0.05, 0.1) is 4.34 Å². The molecule has 2 unspecified atom stereocenters. The van der Waals surface area contributed by atoms with Gasteiger partial charge in [-0.25, -0.2) is 0 Å². The highest BCUT2D eigenvalue weighted by Gasteiger charge is 2.20. The van der Waals surface area contributed by atoms with Crippen LogP contribution in [0.3, 0.4) is 0 Å². The van der Waals surface area contributed by atoms with Gasteiger partial charge in [-0.05, 0) is 49.1 Å². The Morgan fingerprint density at radius 1 is 1.29 bits per heavy atom. The fourth-order valence-electron chi connectivity index (χ4n) is 2.15. The summed E-state index contributed by atoms with van der Waals surface area (Å²) in [7, 11) is 0. The third-order valence-corrected chi connectivity index (χ3v) is 4.68. The summed E-state index contributed by atoms with van der Waals surface area (Å²) in [5, 5.41) is 0. The molecule has 2 N–H and O–H groups in total. The van der Waals surface area contributed by atoms with Gasteiger partial charge in [0.2, 0.25) is 0 Å². The monoisotopic (exact) mass is 324 g/mol. The minimum atomic E-state index is -0.0649. The zero-order valence-corrected chi connectivity index (χ0v) is 13.7. The fourth-order valence-corrected chi connectivity index (χ4v) is 3.33. The number of rotatable bonds is 8. The third-order valence-electron chi connectivity index (χ3n) is 3.39. The highest BCUT2D eigenvalue weighted by molar-refractivity contribution is 7.16. The number of ether oxygens (including phenoxy) is 1. The molecule has 2 heterocycles. The molecule has 0 aliphatic heterocycles. The Hall–Kier alpha value is -0.940. The maximum absolute atomic E-state index is 6.18. The topological polar surface area (TPSA) is 48.1 Å². The van der Waals surface area contributed by atoms with E-state index in [1.54, 1.807) is 11.3 Å². The molecular weight excluding hydrogens is 304 g/mol. The summed E-state index contributed by atoms with van der Waals surface area (Å²) in [5.74, 6) is 0. The lowest BCUT2D eigenvalue weighted by molar-refractivity contribution is 0.0346. The summed E-state index contributed by atoms with van der Waals surface area (Å²) >= 11 is 7.56. The molecule has 0 amide bonds. The van der Waals surface area contributed by atoms with E-state index in [-0.39, 0.29) is 12.1 Å². The molecule has 2 aromatic heterocycles. The van der Waals surface area contributed by atoms with Crippen LogP contribution in [0.15, 0.2) is 36.7 Å². The molecule has 0 saturated heterocycles. The van der Waals surface area contributed by atoms with E-state index < -0.39 is 0 Å². The average Bonchev–Trinajstić information content (AvgIpc) is 2.94. The van der Waals surface area contributed by atoms with Crippen LogP contribution in [0.1, 0.15) is 36.3 Å². The number of pyridine rings is 1.